The molecule has 0 aliphatic carbocycles. The third kappa shape index (κ3) is 3.09. The Morgan fingerprint density at radius 2 is 1.28 bits per heavy atom. The first-order valence-electron chi connectivity index (χ1n) is 9.96. The van der Waals surface area contributed by atoms with E-state index in [9.17, 15) is 0 Å². The molecule has 3 heteroatoms. The zero-order valence-corrected chi connectivity index (χ0v) is 16.7. The number of fused-ring (bicyclic) bond motifs is 1. The highest BCUT2D eigenvalue weighted by Gasteiger charge is 2.39. The summed E-state index contributed by atoms with van der Waals surface area (Å²) in [5.41, 5.74) is 8.33. The molecule has 0 N–H and O–H groups in total. The van der Waals surface area contributed by atoms with Crippen LogP contribution in [0.4, 0.5) is 5.69 Å². The number of hydrogen-bond donors (Lipinski definition) is 0. The zero-order chi connectivity index (χ0) is 19.8. The molecule has 0 saturated carbocycles. The normalized spacial score (nSPS) is 12.6. The van der Waals surface area contributed by atoms with Crippen molar-refractivity contribution in [1.82, 2.24) is 0 Å². The number of benzene rings is 4. The van der Waals surface area contributed by atoms with Gasteiger partial charge in [-0.3, -0.25) is 0 Å². The Labute approximate surface area is 172 Å². The Kier molecular flexibility index (Phi) is 4.36. The largest absolute Gasteiger partial charge is 0.536 e. The Morgan fingerprint density at radius 3 is 1.86 bits per heavy atom. The summed E-state index contributed by atoms with van der Waals surface area (Å²) in [6, 6.07) is 34.1. The number of anilines is 1. The van der Waals surface area contributed by atoms with E-state index >= 15 is 0 Å². The van der Waals surface area contributed by atoms with Crippen molar-refractivity contribution >= 4 is 18.2 Å². The van der Waals surface area contributed by atoms with Crippen LogP contribution in [0.15, 0.2) is 97.1 Å². The maximum absolute atomic E-state index is 6.54. The van der Waals surface area contributed by atoms with Gasteiger partial charge in [-0.1, -0.05) is 84.9 Å². The second kappa shape index (κ2) is 7.18. The van der Waals surface area contributed by atoms with E-state index in [2.05, 4.69) is 116 Å². The van der Waals surface area contributed by atoms with Crippen molar-refractivity contribution < 1.29 is 4.65 Å². The molecule has 1 aliphatic rings. The molecule has 1 aliphatic heterocycles. The predicted molar refractivity (Wildman–Crippen MR) is 123 cm³/mol. The van der Waals surface area contributed by atoms with Crippen LogP contribution >= 0.6 is 0 Å². The van der Waals surface area contributed by atoms with Crippen molar-refractivity contribution in [2.45, 2.75) is 6.92 Å². The minimum absolute atomic E-state index is 0.182. The summed E-state index contributed by atoms with van der Waals surface area (Å²) in [5, 5.41) is 0. The highest BCUT2D eigenvalue weighted by molar-refractivity contribution is 6.75. The molecule has 0 unspecified atom stereocenters. The molecule has 2 nitrogen and oxygen atoms in total. The summed E-state index contributed by atoms with van der Waals surface area (Å²) in [6.07, 6.45) is 0. The van der Waals surface area contributed by atoms with Gasteiger partial charge in [0.2, 0.25) is 0 Å². The summed E-state index contributed by atoms with van der Waals surface area (Å²) in [5.74, 6) is 0.944. The smallest absolute Gasteiger partial charge is 0.520 e. The lowest BCUT2D eigenvalue weighted by Crippen LogP contribution is -2.49. The van der Waals surface area contributed by atoms with Crippen molar-refractivity contribution in [3.63, 3.8) is 0 Å². The average molecular weight is 375 g/mol. The highest BCUT2D eigenvalue weighted by Crippen LogP contribution is 2.37. The molecule has 0 spiro atoms. The van der Waals surface area contributed by atoms with Crippen LogP contribution in [0.3, 0.4) is 0 Å². The van der Waals surface area contributed by atoms with Crippen LogP contribution in [0.5, 0.6) is 5.75 Å². The molecule has 0 aromatic heterocycles. The van der Waals surface area contributed by atoms with Gasteiger partial charge in [0, 0.05) is 5.46 Å². The topological polar surface area (TPSA) is 12.5 Å². The number of aryl methyl sites for hydroxylation is 1. The molecule has 0 amide bonds. The molecule has 0 radical (unpaired) electrons. The van der Waals surface area contributed by atoms with E-state index in [-0.39, 0.29) is 7.05 Å². The maximum Gasteiger partial charge on any atom is 0.520 e. The van der Waals surface area contributed by atoms with Crippen molar-refractivity contribution in [3.8, 4) is 28.0 Å². The molecular weight excluding hydrogens is 353 g/mol. The Hall–Kier alpha value is -3.46. The fourth-order valence-corrected chi connectivity index (χ4v) is 4.16. The van der Waals surface area contributed by atoms with Crippen LogP contribution in [-0.2, 0) is 0 Å². The van der Waals surface area contributed by atoms with Crippen LogP contribution in [0.1, 0.15) is 5.56 Å². The van der Waals surface area contributed by atoms with Gasteiger partial charge in [-0.15, -0.1) is 0 Å². The van der Waals surface area contributed by atoms with E-state index in [1.165, 1.54) is 33.3 Å². The molecule has 0 fully saturated rings. The van der Waals surface area contributed by atoms with Gasteiger partial charge in [-0.05, 0) is 53.9 Å². The molecule has 0 saturated heterocycles. The van der Waals surface area contributed by atoms with Crippen molar-refractivity contribution in [2.24, 2.45) is 0 Å². The second-order valence-electron chi connectivity index (χ2n) is 7.55. The first-order valence-corrected chi connectivity index (χ1v) is 9.96. The van der Waals surface area contributed by atoms with Gasteiger partial charge in [0.15, 0.2) is 0 Å². The number of hydrogen-bond acceptors (Lipinski definition) is 2. The summed E-state index contributed by atoms with van der Waals surface area (Å²) in [7, 11) is 1.93. The minimum Gasteiger partial charge on any atom is -0.536 e. The molecule has 4 aromatic carbocycles. The summed E-state index contributed by atoms with van der Waals surface area (Å²) in [6.45, 7) is 2.10. The summed E-state index contributed by atoms with van der Waals surface area (Å²) in [4.78, 5) is 2.24. The van der Waals surface area contributed by atoms with Crippen LogP contribution in [0, 0.1) is 6.92 Å². The predicted octanol–water partition coefficient (Wildman–Crippen LogP) is 5.55. The number of rotatable bonds is 3. The molecule has 29 heavy (non-hydrogen) atoms. The summed E-state index contributed by atoms with van der Waals surface area (Å²) >= 11 is 0. The molecule has 1 heterocycles. The van der Waals surface area contributed by atoms with E-state index in [4.69, 9.17) is 4.65 Å². The molecule has 140 valence electrons. The van der Waals surface area contributed by atoms with Gasteiger partial charge < -0.3 is 9.47 Å². The maximum atomic E-state index is 6.54. The Bertz CT molecular complexity index is 1100. The zero-order valence-electron chi connectivity index (χ0n) is 16.7. The van der Waals surface area contributed by atoms with Gasteiger partial charge >= 0.3 is 7.05 Å². The van der Waals surface area contributed by atoms with Gasteiger partial charge in [-0.2, -0.15) is 0 Å². The Balaban J connectivity index is 1.73. The van der Waals surface area contributed by atoms with Crippen molar-refractivity contribution in [3.05, 3.63) is 103 Å². The van der Waals surface area contributed by atoms with Crippen LogP contribution in [-0.4, -0.2) is 14.1 Å². The monoisotopic (exact) mass is 375 g/mol. The van der Waals surface area contributed by atoms with Crippen LogP contribution < -0.4 is 14.9 Å². The third-order valence-electron chi connectivity index (χ3n) is 5.61. The Morgan fingerprint density at radius 1 is 0.690 bits per heavy atom. The van der Waals surface area contributed by atoms with Gasteiger partial charge in [0.25, 0.3) is 0 Å². The van der Waals surface area contributed by atoms with Gasteiger partial charge in [0.1, 0.15) is 5.75 Å². The molecule has 5 rings (SSSR count). The van der Waals surface area contributed by atoms with E-state index in [0.29, 0.717) is 0 Å². The van der Waals surface area contributed by atoms with Crippen molar-refractivity contribution in [1.29, 1.82) is 0 Å². The molecule has 0 atom stereocenters. The fourth-order valence-electron chi connectivity index (χ4n) is 4.16. The standard InChI is InChI=1S/C26H22BNO/c1-19-16-17-24-25(18-19)29-27(28(24)2)26-22(20-10-5-3-6-11-20)14-9-15-23(26)21-12-7-4-8-13-21/h3-18H,1-2H3. The van der Waals surface area contributed by atoms with E-state index in [0.717, 1.165) is 11.4 Å². The van der Waals surface area contributed by atoms with E-state index in [1.54, 1.807) is 0 Å². The fraction of sp³-hybridized carbons (Fsp3) is 0.0769. The SMILES string of the molecule is Cc1ccc2c(c1)OB(c1c(-c3ccccc3)cccc1-c1ccccc1)N2C. The van der Waals surface area contributed by atoms with Crippen molar-refractivity contribution in [2.75, 3.05) is 11.9 Å². The van der Waals surface area contributed by atoms with Gasteiger partial charge in [0.05, 0.1) is 5.69 Å². The van der Waals surface area contributed by atoms with E-state index < -0.39 is 0 Å². The lowest BCUT2D eigenvalue weighted by atomic mass is 9.65. The first kappa shape index (κ1) is 17.6. The lowest BCUT2D eigenvalue weighted by molar-refractivity contribution is 0.602. The quantitative estimate of drug-likeness (QED) is 0.435. The van der Waals surface area contributed by atoms with Crippen LogP contribution in [0.25, 0.3) is 22.3 Å². The average Bonchev–Trinajstić information content (AvgIpc) is 3.09. The lowest BCUT2D eigenvalue weighted by Gasteiger charge is -2.22. The molecule has 0 bridgehead atoms. The van der Waals surface area contributed by atoms with E-state index in [1.807, 2.05) is 0 Å². The summed E-state index contributed by atoms with van der Waals surface area (Å²) < 4.78 is 6.54. The molecule has 4 aromatic rings. The second-order valence-corrected chi connectivity index (χ2v) is 7.55. The van der Waals surface area contributed by atoms with Crippen LogP contribution in [0.2, 0.25) is 0 Å². The minimum atomic E-state index is -0.182. The van der Waals surface area contributed by atoms with Gasteiger partial charge in [-0.25, -0.2) is 0 Å². The third-order valence-corrected chi connectivity index (χ3v) is 5.61. The first-order chi connectivity index (χ1) is 14.2. The number of nitrogens with zero attached hydrogens (tertiary/aromatic N) is 1. The molecular formula is C26H22BNO. The highest BCUT2D eigenvalue weighted by atomic mass is 16.5.